The molecule has 0 bridgehead atoms. The van der Waals surface area contributed by atoms with E-state index in [0.717, 1.165) is 6.54 Å². The molecule has 1 nitrogen and oxygen atoms in total. The molecule has 0 heterocycles. The van der Waals surface area contributed by atoms with Crippen molar-refractivity contribution in [2.45, 2.75) is 32.0 Å². The van der Waals surface area contributed by atoms with Crippen LogP contribution in [0.1, 0.15) is 12.8 Å². The zero-order chi connectivity index (χ0) is 9.03. The van der Waals surface area contributed by atoms with Gasteiger partial charge < -0.3 is 5.73 Å². The summed E-state index contributed by atoms with van der Waals surface area (Å²) in [6.45, 7) is 5.74. The molecule has 0 fully saturated rings. The third-order valence-electron chi connectivity index (χ3n) is 2.65. The van der Waals surface area contributed by atoms with Crippen molar-refractivity contribution in [3.8, 4) is 0 Å². The first-order valence-electron chi connectivity index (χ1n) is 4.73. The molecule has 0 aromatic rings. The lowest BCUT2D eigenvalue weighted by atomic mass is 10.5. The lowest BCUT2D eigenvalue weighted by Gasteiger charge is -2.23. The second-order valence-corrected chi connectivity index (χ2v) is 9.01. The maximum Gasteiger partial charge on any atom is 0.0759 e. The number of hydrogen-bond donors (Lipinski definition) is 1. The number of allylic oxidation sites excluding steroid dienone is 4. The van der Waals surface area contributed by atoms with Gasteiger partial charge in [0, 0.05) is 0 Å². The van der Waals surface area contributed by atoms with Crippen LogP contribution in [0.15, 0.2) is 23.4 Å². The Labute approximate surface area is 76.4 Å². The highest BCUT2D eigenvalue weighted by Crippen LogP contribution is 2.27. The molecular formula is C10H19NSi. The number of nitrogens with two attached hydrogens (primary N) is 1. The van der Waals surface area contributed by atoms with Crippen LogP contribution in [0.2, 0.25) is 19.1 Å². The molecule has 0 spiro atoms. The molecule has 2 heteroatoms. The van der Waals surface area contributed by atoms with Gasteiger partial charge in [0.25, 0.3) is 0 Å². The van der Waals surface area contributed by atoms with Gasteiger partial charge in [-0.15, -0.1) is 0 Å². The van der Waals surface area contributed by atoms with Crippen LogP contribution in [-0.4, -0.2) is 14.6 Å². The quantitative estimate of drug-likeness (QED) is 0.662. The van der Waals surface area contributed by atoms with Crippen LogP contribution in [0, 0.1) is 0 Å². The topological polar surface area (TPSA) is 26.0 Å². The van der Waals surface area contributed by atoms with Gasteiger partial charge in [-0.05, 0) is 19.4 Å². The van der Waals surface area contributed by atoms with Crippen LogP contribution < -0.4 is 5.73 Å². The van der Waals surface area contributed by atoms with Gasteiger partial charge in [-0.25, -0.2) is 0 Å². The fraction of sp³-hybridized carbons (Fsp3) is 0.600. The van der Waals surface area contributed by atoms with Crippen LogP contribution >= 0.6 is 0 Å². The Morgan fingerprint density at radius 1 is 1.50 bits per heavy atom. The van der Waals surface area contributed by atoms with Crippen molar-refractivity contribution in [1.29, 1.82) is 0 Å². The van der Waals surface area contributed by atoms with E-state index >= 15 is 0 Å². The zero-order valence-corrected chi connectivity index (χ0v) is 9.14. The maximum atomic E-state index is 5.52. The van der Waals surface area contributed by atoms with E-state index in [1.165, 1.54) is 18.9 Å². The summed E-state index contributed by atoms with van der Waals surface area (Å²) >= 11 is 0. The first-order chi connectivity index (χ1) is 5.67. The largest absolute Gasteiger partial charge is 0.330 e. The summed E-state index contributed by atoms with van der Waals surface area (Å²) in [7, 11) is -1.07. The zero-order valence-electron chi connectivity index (χ0n) is 8.14. The van der Waals surface area contributed by atoms with Gasteiger partial charge in [-0.3, -0.25) is 0 Å². The molecule has 0 radical (unpaired) electrons. The summed E-state index contributed by atoms with van der Waals surface area (Å²) in [5.41, 5.74) is 5.52. The standard InChI is InChI=1S/C10H19NSi/c1-12(2,9-5-8-11)10-6-3-4-7-10/h3-4,6H,5,7-9,11H2,1-2H3. The van der Waals surface area contributed by atoms with Crippen molar-refractivity contribution >= 4 is 8.07 Å². The van der Waals surface area contributed by atoms with E-state index in [1.807, 2.05) is 0 Å². The van der Waals surface area contributed by atoms with Gasteiger partial charge in [0.05, 0.1) is 8.07 Å². The van der Waals surface area contributed by atoms with Gasteiger partial charge in [0.1, 0.15) is 0 Å². The minimum Gasteiger partial charge on any atom is -0.330 e. The molecule has 2 N–H and O–H groups in total. The fourth-order valence-corrected chi connectivity index (χ4v) is 4.28. The minimum atomic E-state index is -1.07. The lowest BCUT2D eigenvalue weighted by molar-refractivity contribution is 0.911. The molecule has 1 rings (SSSR count). The maximum absolute atomic E-state index is 5.52. The third-order valence-corrected chi connectivity index (χ3v) is 6.36. The van der Waals surface area contributed by atoms with Crippen molar-refractivity contribution in [2.24, 2.45) is 5.73 Å². The van der Waals surface area contributed by atoms with Crippen LogP contribution in [0.25, 0.3) is 0 Å². The molecule has 0 aliphatic heterocycles. The summed E-state index contributed by atoms with van der Waals surface area (Å²) < 4.78 is 0. The second kappa shape index (κ2) is 4.05. The van der Waals surface area contributed by atoms with Crippen molar-refractivity contribution in [3.63, 3.8) is 0 Å². The smallest absolute Gasteiger partial charge is 0.0759 e. The number of rotatable bonds is 4. The van der Waals surface area contributed by atoms with Gasteiger partial charge in [0.2, 0.25) is 0 Å². The molecule has 0 saturated carbocycles. The molecular weight excluding hydrogens is 162 g/mol. The van der Waals surface area contributed by atoms with Crippen LogP contribution in [-0.2, 0) is 0 Å². The Hall–Kier alpha value is -0.343. The van der Waals surface area contributed by atoms with Gasteiger partial charge in [-0.1, -0.05) is 42.6 Å². The van der Waals surface area contributed by atoms with Crippen LogP contribution in [0.4, 0.5) is 0 Å². The monoisotopic (exact) mass is 181 g/mol. The van der Waals surface area contributed by atoms with Gasteiger partial charge >= 0.3 is 0 Å². The summed E-state index contributed by atoms with van der Waals surface area (Å²) in [6, 6.07) is 1.34. The SMILES string of the molecule is C[Si](C)(CCCN)C1=CC=CC1. The van der Waals surface area contributed by atoms with E-state index in [4.69, 9.17) is 5.73 Å². The highest BCUT2D eigenvalue weighted by molar-refractivity contribution is 6.84. The van der Waals surface area contributed by atoms with E-state index in [0.29, 0.717) is 0 Å². The van der Waals surface area contributed by atoms with E-state index in [1.54, 1.807) is 5.20 Å². The van der Waals surface area contributed by atoms with Crippen molar-refractivity contribution in [1.82, 2.24) is 0 Å². The van der Waals surface area contributed by atoms with Crippen molar-refractivity contribution in [3.05, 3.63) is 23.4 Å². The molecule has 12 heavy (non-hydrogen) atoms. The first kappa shape index (κ1) is 9.74. The molecule has 0 amide bonds. The van der Waals surface area contributed by atoms with E-state index in [9.17, 15) is 0 Å². The molecule has 0 aromatic heterocycles. The van der Waals surface area contributed by atoms with Crippen LogP contribution in [0.5, 0.6) is 0 Å². The predicted octanol–water partition coefficient (Wildman–Crippen LogP) is 2.47. The van der Waals surface area contributed by atoms with Crippen molar-refractivity contribution < 1.29 is 0 Å². The lowest BCUT2D eigenvalue weighted by Crippen LogP contribution is -2.28. The molecule has 0 aromatic carbocycles. The highest BCUT2D eigenvalue weighted by atomic mass is 28.3. The average molecular weight is 181 g/mol. The summed E-state index contributed by atoms with van der Waals surface area (Å²) in [6.07, 6.45) is 9.14. The minimum absolute atomic E-state index is 0.844. The Balaban J connectivity index is 2.47. The molecule has 68 valence electrons. The third kappa shape index (κ3) is 2.32. The molecule has 1 aliphatic rings. The summed E-state index contributed by atoms with van der Waals surface area (Å²) in [4.78, 5) is 0. The molecule has 1 aliphatic carbocycles. The average Bonchev–Trinajstić information content (AvgIpc) is 2.53. The highest BCUT2D eigenvalue weighted by Gasteiger charge is 2.24. The van der Waals surface area contributed by atoms with E-state index in [-0.39, 0.29) is 0 Å². The normalized spacial score (nSPS) is 16.8. The predicted molar refractivity (Wildman–Crippen MR) is 57.8 cm³/mol. The van der Waals surface area contributed by atoms with Crippen LogP contribution in [0.3, 0.4) is 0 Å². The first-order valence-corrected chi connectivity index (χ1v) is 7.94. The second-order valence-electron chi connectivity index (χ2n) is 4.10. The number of hydrogen-bond acceptors (Lipinski definition) is 1. The van der Waals surface area contributed by atoms with Gasteiger partial charge in [-0.2, -0.15) is 0 Å². The van der Waals surface area contributed by atoms with Crippen molar-refractivity contribution in [2.75, 3.05) is 6.54 Å². The Morgan fingerprint density at radius 2 is 2.25 bits per heavy atom. The Morgan fingerprint density at radius 3 is 2.75 bits per heavy atom. The Bertz CT molecular complexity index is 204. The molecule has 0 unspecified atom stereocenters. The van der Waals surface area contributed by atoms with E-state index < -0.39 is 8.07 Å². The Kier molecular flexibility index (Phi) is 3.29. The summed E-state index contributed by atoms with van der Waals surface area (Å²) in [5.74, 6) is 0. The molecule has 0 atom stereocenters. The van der Waals surface area contributed by atoms with Gasteiger partial charge in [0.15, 0.2) is 0 Å². The van der Waals surface area contributed by atoms with E-state index in [2.05, 4.69) is 31.3 Å². The summed E-state index contributed by atoms with van der Waals surface area (Å²) in [5, 5.41) is 1.69. The molecule has 0 saturated heterocycles. The fourth-order valence-electron chi connectivity index (χ4n) is 1.65.